The number of rotatable bonds is 6. The van der Waals surface area contributed by atoms with Crippen LogP contribution in [0.1, 0.15) is 44.9 Å². The molecule has 1 aliphatic carbocycles. The van der Waals surface area contributed by atoms with E-state index in [0.29, 0.717) is 25.1 Å². The monoisotopic (exact) mass is 410 g/mol. The van der Waals surface area contributed by atoms with E-state index in [1.165, 1.54) is 31.0 Å². The Balaban J connectivity index is 1.74. The van der Waals surface area contributed by atoms with Crippen molar-refractivity contribution in [1.29, 1.82) is 0 Å². The molecule has 1 saturated carbocycles. The first kappa shape index (κ1) is 20.9. The molecule has 1 amide bonds. The molecule has 28 heavy (non-hydrogen) atoms. The molecular weight excluding hydrogens is 380 g/mol. The summed E-state index contributed by atoms with van der Waals surface area (Å²) in [5.74, 6) is 0.379. The Morgan fingerprint density at radius 3 is 2.50 bits per heavy atom. The highest BCUT2D eigenvalue weighted by molar-refractivity contribution is 7.89. The minimum absolute atomic E-state index is 0.0237. The van der Waals surface area contributed by atoms with Gasteiger partial charge in [0.1, 0.15) is 16.4 Å². The molecule has 1 atom stereocenters. The lowest BCUT2D eigenvalue weighted by Crippen LogP contribution is -2.47. The van der Waals surface area contributed by atoms with Crippen LogP contribution >= 0.6 is 0 Å². The van der Waals surface area contributed by atoms with Crippen LogP contribution in [0.25, 0.3) is 0 Å². The number of sulfonamides is 1. The minimum Gasteiger partial charge on any atom is -0.497 e. The number of benzene rings is 1. The van der Waals surface area contributed by atoms with Gasteiger partial charge in [0.2, 0.25) is 15.9 Å². The van der Waals surface area contributed by atoms with Gasteiger partial charge < -0.3 is 14.8 Å². The molecule has 7 nitrogen and oxygen atoms in total. The molecule has 0 radical (unpaired) electrons. The maximum atomic E-state index is 13.3. The van der Waals surface area contributed by atoms with Gasteiger partial charge in [0.15, 0.2) is 0 Å². The number of methoxy groups -OCH3 is 2. The lowest BCUT2D eigenvalue weighted by molar-refractivity contribution is -0.127. The zero-order valence-corrected chi connectivity index (χ0v) is 17.5. The summed E-state index contributed by atoms with van der Waals surface area (Å²) < 4.78 is 38.3. The largest absolute Gasteiger partial charge is 0.497 e. The fourth-order valence-electron chi connectivity index (χ4n) is 4.07. The van der Waals surface area contributed by atoms with Gasteiger partial charge in [-0.25, -0.2) is 8.42 Å². The third-order valence-electron chi connectivity index (χ3n) is 5.70. The number of carbonyl (C=O) groups excluding carboxylic acids is 1. The van der Waals surface area contributed by atoms with Crippen molar-refractivity contribution in [2.75, 3.05) is 27.3 Å². The van der Waals surface area contributed by atoms with Crippen molar-refractivity contribution in [2.24, 2.45) is 5.92 Å². The summed E-state index contributed by atoms with van der Waals surface area (Å²) in [5.41, 5.74) is 0. The Labute approximate surface area is 167 Å². The number of nitrogens with zero attached hydrogens (tertiary/aromatic N) is 1. The summed E-state index contributed by atoms with van der Waals surface area (Å²) in [7, 11) is -0.856. The van der Waals surface area contributed by atoms with Gasteiger partial charge in [0, 0.05) is 25.2 Å². The normalized spacial score (nSPS) is 21.9. The van der Waals surface area contributed by atoms with Crippen molar-refractivity contribution in [3.05, 3.63) is 18.2 Å². The molecule has 0 bridgehead atoms. The van der Waals surface area contributed by atoms with Crippen LogP contribution in [0.5, 0.6) is 11.5 Å². The number of carbonyl (C=O) groups is 1. The quantitative estimate of drug-likeness (QED) is 0.779. The van der Waals surface area contributed by atoms with Gasteiger partial charge >= 0.3 is 0 Å². The van der Waals surface area contributed by atoms with E-state index in [9.17, 15) is 13.2 Å². The SMILES string of the molecule is COc1ccc(OC)c(S(=O)(=O)N2CCC[C@H](C(=O)NC3CCCCC3)C2)c1. The molecular formula is C20H30N2O5S. The first-order chi connectivity index (χ1) is 13.5. The van der Waals surface area contributed by atoms with Crippen molar-refractivity contribution in [3.63, 3.8) is 0 Å². The van der Waals surface area contributed by atoms with Gasteiger partial charge in [-0.05, 0) is 37.8 Å². The van der Waals surface area contributed by atoms with E-state index in [4.69, 9.17) is 9.47 Å². The van der Waals surface area contributed by atoms with E-state index in [1.807, 2.05) is 0 Å². The molecule has 2 fully saturated rings. The fourth-order valence-corrected chi connectivity index (χ4v) is 5.76. The summed E-state index contributed by atoms with van der Waals surface area (Å²) in [4.78, 5) is 12.8. The van der Waals surface area contributed by atoms with E-state index in [0.717, 1.165) is 25.7 Å². The first-order valence-corrected chi connectivity index (χ1v) is 11.4. The zero-order valence-electron chi connectivity index (χ0n) is 16.6. The average molecular weight is 411 g/mol. The molecule has 1 N–H and O–H groups in total. The maximum absolute atomic E-state index is 13.3. The molecule has 8 heteroatoms. The molecule has 0 unspecified atom stereocenters. The van der Waals surface area contributed by atoms with Crippen molar-refractivity contribution in [3.8, 4) is 11.5 Å². The predicted octanol–water partition coefficient (Wildman–Crippen LogP) is 2.55. The van der Waals surface area contributed by atoms with Gasteiger partial charge in [-0.2, -0.15) is 4.31 Å². The smallest absolute Gasteiger partial charge is 0.246 e. The van der Waals surface area contributed by atoms with E-state index in [-0.39, 0.29) is 35.1 Å². The van der Waals surface area contributed by atoms with Crippen LogP contribution in [0.15, 0.2) is 23.1 Å². The molecule has 1 aromatic rings. The molecule has 3 rings (SSSR count). The number of piperidine rings is 1. The highest BCUT2D eigenvalue weighted by Crippen LogP contribution is 2.32. The van der Waals surface area contributed by atoms with Crippen LogP contribution in [-0.4, -0.2) is 52.0 Å². The lowest BCUT2D eigenvalue weighted by atomic mass is 9.93. The van der Waals surface area contributed by atoms with Crippen molar-refractivity contribution < 1.29 is 22.7 Å². The number of amides is 1. The number of hydrogen-bond donors (Lipinski definition) is 1. The molecule has 0 spiro atoms. The zero-order chi connectivity index (χ0) is 20.1. The molecule has 1 saturated heterocycles. The minimum atomic E-state index is -3.79. The molecule has 1 heterocycles. The van der Waals surface area contributed by atoms with Crippen molar-refractivity contribution >= 4 is 15.9 Å². The Morgan fingerprint density at radius 2 is 1.82 bits per heavy atom. The Kier molecular flexibility index (Phi) is 6.82. The second-order valence-electron chi connectivity index (χ2n) is 7.56. The molecule has 1 aliphatic heterocycles. The van der Waals surface area contributed by atoms with Crippen LogP contribution < -0.4 is 14.8 Å². The summed E-state index contributed by atoms with van der Waals surface area (Å²) >= 11 is 0. The molecule has 156 valence electrons. The topological polar surface area (TPSA) is 84.9 Å². The van der Waals surface area contributed by atoms with Crippen LogP contribution in [0.3, 0.4) is 0 Å². The summed E-state index contributed by atoms with van der Waals surface area (Å²) in [5, 5.41) is 3.14. The van der Waals surface area contributed by atoms with E-state index in [1.54, 1.807) is 12.1 Å². The second kappa shape index (κ2) is 9.13. The second-order valence-corrected chi connectivity index (χ2v) is 9.47. The number of nitrogens with one attached hydrogen (secondary N) is 1. The summed E-state index contributed by atoms with van der Waals surface area (Å²) in [6.45, 7) is 0.594. The van der Waals surface area contributed by atoms with Crippen molar-refractivity contribution in [1.82, 2.24) is 9.62 Å². The van der Waals surface area contributed by atoms with Crippen LogP contribution in [0.4, 0.5) is 0 Å². The van der Waals surface area contributed by atoms with E-state index in [2.05, 4.69) is 5.32 Å². The van der Waals surface area contributed by atoms with Gasteiger partial charge in [-0.15, -0.1) is 0 Å². The third kappa shape index (κ3) is 4.60. The van der Waals surface area contributed by atoms with Crippen LogP contribution in [-0.2, 0) is 14.8 Å². The molecule has 2 aliphatic rings. The molecule has 1 aromatic carbocycles. The number of hydrogen-bond acceptors (Lipinski definition) is 5. The number of ether oxygens (including phenoxy) is 2. The highest BCUT2D eigenvalue weighted by atomic mass is 32.2. The predicted molar refractivity (Wildman–Crippen MR) is 106 cm³/mol. The van der Waals surface area contributed by atoms with Crippen molar-refractivity contribution in [2.45, 2.75) is 55.9 Å². The van der Waals surface area contributed by atoms with E-state index < -0.39 is 10.0 Å². The van der Waals surface area contributed by atoms with Gasteiger partial charge in [0.05, 0.1) is 20.1 Å². The Bertz CT molecular complexity index is 790. The van der Waals surface area contributed by atoms with Crippen LogP contribution in [0.2, 0.25) is 0 Å². The Hall–Kier alpha value is -1.80. The summed E-state index contributed by atoms with van der Waals surface area (Å²) in [6.07, 6.45) is 6.92. The first-order valence-electron chi connectivity index (χ1n) is 9.98. The fraction of sp³-hybridized carbons (Fsp3) is 0.650. The standard InChI is InChI=1S/C20H30N2O5S/c1-26-17-10-11-18(27-2)19(13-17)28(24,25)22-12-6-7-15(14-22)20(23)21-16-8-4-3-5-9-16/h10-11,13,15-16H,3-9,12,14H2,1-2H3,(H,21,23)/t15-/m0/s1. The van der Waals surface area contributed by atoms with Gasteiger partial charge in [-0.1, -0.05) is 19.3 Å². The van der Waals surface area contributed by atoms with Gasteiger partial charge in [-0.3, -0.25) is 4.79 Å². The maximum Gasteiger partial charge on any atom is 0.246 e. The molecule has 0 aromatic heterocycles. The van der Waals surface area contributed by atoms with Gasteiger partial charge in [0.25, 0.3) is 0 Å². The van der Waals surface area contributed by atoms with E-state index >= 15 is 0 Å². The highest BCUT2D eigenvalue weighted by Gasteiger charge is 2.35. The van der Waals surface area contributed by atoms with Crippen LogP contribution in [0, 0.1) is 5.92 Å². The average Bonchev–Trinajstić information content (AvgIpc) is 2.74. The summed E-state index contributed by atoms with van der Waals surface area (Å²) in [6, 6.07) is 4.95. The Morgan fingerprint density at radius 1 is 1.07 bits per heavy atom. The lowest BCUT2D eigenvalue weighted by Gasteiger charge is -2.33. The third-order valence-corrected chi connectivity index (χ3v) is 7.58.